The summed E-state index contributed by atoms with van der Waals surface area (Å²) in [6, 6.07) is 8.61. The lowest BCUT2D eigenvalue weighted by Crippen LogP contribution is -2.14. The molecule has 1 atom stereocenters. The normalized spacial score (nSPS) is 18.0. The predicted molar refractivity (Wildman–Crippen MR) is 88.9 cm³/mol. The Bertz CT molecular complexity index is 680. The summed E-state index contributed by atoms with van der Waals surface area (Å²) in [4.78, 5) is 14.9. The van der Waals surface area contributed by atoms with Crippen LogP contribution in [0.15, 0.2) is 29.1 Å². The number of aryl methyl sites for hydroxylation is 1. The molecule has 112 valence electrons. The van der Waals surface area contributed by atoms with Gasteiger partial charge in [-0.2, -0.15) is 0 Å². The monoisotopic (exact) mass is 283 g/mol. The fourth-order valence-electron chi connectivity index (χ4n) is 3.72. The number of aromatic amines is 1. The Morgan fingerprint density at radius 1 is 1.19 bits per heavy atom. The molecular weight excluding hydrogens is 258 g/mol. The van der Waals surface area contributed by atoms with Crippen molar-refractivity contribution in [1.29, 1.82) is 0 Å². The SMILES string of the molecule is CCc1cc2cc([C@H](C)C3CCCCC3)ccc2[nH]c1=O. The van der Waals surface area contributed by atoms with E-state index in [1.807, 2.05) is 6.92 Å². The van der Waals surface area contributed by atoms with Gasteiger partial charge in [-0.3, -0.25) is 4.79 Å². The van der Waals surface area contributed by atoms with Crippen LogP contribution in [0.25, 0.3) is 10.9 Å². The second-order valence-electron chi connectivity index (χ2n) is 6.51. The maximum atomic E-state index is 11.9. The number of nitrogens with one attached hydrogen (secondary N) is 1. The molecule has 0 bridgehead atoms. The van der Waals surface area contributed by atoms with Crippen LogP contribution in [0.1, 0.15) is 63.0 Å². The molecule has 0 radical (unpaired) electrons. The van der Waals surface area contributed by atoms with E-state index in [4.69, 9.17) is 0 Å². The zero-order valence-corrected chi connectivity index (χ0v) is 13.1. The van der Waals surface area contributed by atoms with Gasteiger partial charge in [-0.1, -0.05) is 39.2 Å². The lowest BCUT2D eigenvalue weighted by Gasteiger charge is -2.28. The van der Waals surface area contributed by atoms with Gasteiger partial charge < -0.3 is 4.98 Å². The third kappa shape index (κ3) is 2.90. The highest BCUT2D eigenvalue weighted by atomic mass is 16.1. The quantitative estimate of drug-likeness (QED) is 0.864. The zero-order valence-electron chi connectivity index (χ0n) is 13.1. The molecule has 1 aromatic carbocycles. The molecule has 3 rings (SSSR count). The molecule has 0 aliphatic heterocycles. The molecule has 1 fully saturated rings. The van der Waals surface area contributed by atoms with Crippen molar-refractivity contribution in [2.45, 2.75) is 58.3 Å². The van der Waals surface area contributed by atoms with Crippen molar-refractivity contribution >= 4 is 10.9 Å². The molecular formula is C19H25NO. The molecule has 0 spiro atoms. The van der Waals surface area contributed by atoms with Gasteiger partial charge in [0.2, 0.25) is 0 Å². The Hall–Kier alpha value is -1.57. The van der Waals surface area contributed by atoms with Crippen LogP contribution < -0.4 is 5.56 Å². The van der Waals surface area contributed by atoms with Crippen LogP contribution in [-0.4, -0.2) is 4.98 Å². The van der Waals surface area contributed by atoms with Crippen molar-refractivity contribution in [2.75, 3.05) is 0 Å². The number of H-pyrrole nitrogens is 1. The van der Waals surface area contributed by atoms with E-state index in [0.29, 0.717) is 5.92 Å². The van der Waals surface area contributed by atoms with Gasteiger partial charge in [-0.05, 0) is 60.2 Å². The van der Waals surface area contributed by atoms with Crippen LogP contribution in [0.3, 0.4) is 0 Å². The molecule has 2 nitrogen and oxygen atoms in total. The van der Waals surface area contributed by atoms with Gasteiger partial charge in [0.1, 0.15) is 0 Å². The summed E-state index contributed by atoms with van der Waals surface area (Å²) < 4.78 is 0. The minimum atomic E-state index is 0.0538. The Balaban J connectivity index is 1.95. The molecule has 1 aliphatic rings. The van der Waals surface area contributed by atoms with Gasteiger partial charge in [0.15, 0.2) is 0 Å². The minimum absolute atomic E-state index is 0.0538. The molecule has 21 heavy (non-hydrogen) atoms. The first-order valence-corrected chi connectivity index (χ1v) is 8.35. The van der Waals surface area contributed by atoms with Crippen LogP contribution in [-0.2, 0) is 6.42 Å². The molecule has 1 aliphatic carbocycles. The Kier molecular flexibility index (Phi) is 4.14. The topological polar surface area (TPSA) is 32.9 Å². The third-order valence-corrected chi connectivity index (χ3v) is 5.21. The lowest BCUT2D eigenvalue weighted by atomic mass is 9.77. The highest BCUT2D eigenvalue weighted by molar-refractivity contribution is 5.79. The number of fused-ring (bicyclic) bond motifs is 1. The number of hydrogen-bond acceptors (Lipinski definition) is 1. The van der Waals surface area contributed by atoms with Gasteiger partial charge in [0, 0.05) is 11.1 Å². The van der Waals surface area contributed by atoms with Crippen molar-refractivity contribution in [3.05, 3.63) is 45.7 Å². The number of pyridine rings is 1. The van der Waals surface area contributed by atoms with Gasteiger partial charge in [0.05, 0.1) is 0 Å². The number of rotatable bonds is 3. The molecule has 0 unspecified atom stereocenters. The standard InChI is InChI=1S/C19H25NO/c1-3-14-11-17-12-16(9-10-18(17)20-19(14)21)13(2)15-7-5-4-6-8-15/h9-13,15H,3-8H2,1-2H3,(H,20,21)/t13-/m1/s1. The first-order valence-electron chi connectivity index (χ1n) is 8.35. The van der Waals surface area contributed by atoms with E-state index >= 15 is 0 Å². The summed E-state index contributed by atoms with van der Waals surface area (Å²) in [5.41, 5.74) is 3.31. The average Bonchev–Trinajstić information content (AvgIpc) is 2.54. The van der Waals surface area contributed by atoms with E-state index in [2.05, 4.69) is 36.2 Å². The highest BCUT2D eigenvalue weighted by Crippen LogP contribution is 2.36. The maximum Gasteiger partial charge on any atom is 0.251 e. The molecule has 1 aromatic heterocycles. The van der Waals surface area contributed by atoms with E-state index in [9.17, 15) is 4.79 Å². The second-order valence-corrected chi connectivity index (χ2v) is 6.51. The molecule has 1 N–H and O–H groups in total. The summed E-state index contributed by atoms with van der Waals surface area (Å²) in [6.45, 7) is 4.40. The van der Waals surface area contributed by atoms with E-state index < -0.39 is 0 Å². The lowest BCUT2D eigenvalue weighted by molar-refractivity contribution is 0.316. The van der Waals surface area contributed by atoms with Crippen molar-refractivity contribution in [3.8, 4) is 0 Å². The summed E-state index contributed by atoms with van der Waals surface area (Å²) in [7, 11) is 0. The van der Waals surface area contributed by atoms with Crippen molar-refractivity contribution in [1.82, 2.24) is 4.98 Å². The van der Waals surface area contributed by atoms with Crippen LogP contribution in [0, 0.1) is 5.92 Å². The molecule has 2 heteroatoms. The highest BCUT2D eigenvalue weighted by Gasteiger charge is 2.21. The van der Waals surface area contributed by atoms with E-state index in [1.54, 1.807) is 0 Å². The average molecular weight is 283 g/mol. The minimum Gasteiger partial charge on any atom is -0.322 e. The number of benzene rings is 1. The zero-order chi connectivity index (χ0) is 14.8. The molecule has 1 saturated carbocycles. The fraction of sp³-hybridized carbons (Fsp3) is 0.526. The summed E-state index contributed by atoms with van der Waals surface area (Å²) >= 11 is 0. The Morgan fingerprint density at radius 2 is 1.95 bits per heavy atom. The molecule has 2 aromatic rings. The Labute approximate surface area is 126 Å². The Morgan fingerprint density at radius 3 is 2.67 bits per heavy atom. The van der Waals surface area contributed by atoms with Gasteiger partial charge in [0.25, 0.3) is 5.56 Å². The molecule has 0 saturated heterocycles. The van der Waals surface area contributed by atoms with Crippen LogP contribution >= 0.6 is 0 Å². The van der Waals surface area contributed by atoms with Crippen molar-refractivity contribution < 1.29 is 0 Å². The maximum absolute atomic E-state index is 11.9. The molecule has 0 amide bonds. The molecule has 1 heterocycles. The van der Waals surface area contributed by atoms with Gasteiger partial charge >= 0.3 is 0 Å². The predicted octanol–water partition coefficient (Wildman–Crippen LogP) is 4.77. The van der Waals surface area contributed by atoms with Crippen molar-refractivity contribution in [2.24, 2.45) is 5.92 Å². The van der Waals surface area contributed by atoms with E-state index in [0.717, 1.165) is 23.4 Å². The van der Waals surface area contributed by atoms with Crippen LogP contribution in [0.4, 0.5) is 0 Å². The first kappa shape index (κ1) is 14.4. The fourth-order valence-corrected chi connectivity index (χ4v) is 3.72. The third-order valence-electron chi connectivity index (χ3n) is 5.21. The van der Waals surface area contributed by atoms with Gasteiger partial charge in [-0.25, -0.2) is 0 Å². The second kappa shape index (κ2) is 6.05. The van der Waals surface area contributed by atoms with E-state index in [-0.39, 0.29) is 5.56 Å². The summed E-state index contributed by atoms with van der Waals surface area (Å²) in [5.74, 6) is 1.44. The smallest absolute Gasteiger partial charge is 0.251 e. The van der Waals surface area contributed by atoms with Crippen LogP contribution in [0.2, 0.25) is 0 Å². The number of aromatic nitrogens is 1. The first-order chi connectivity index (χ1) is 10.2. The summed E-state index contributed by atoms with van der Waals surface area (Å²) in [6.07, 6.45) is 7.69. The van der Waals surface area contributed by atoms with Gasteiger partial charge in [-0.15, -0.1) is 0 Å². The largest absolute Gasteiger partial charge is 0.322 e. The van der Waals surface area contributed by atoms with Crippen LogP contribution in [0.5, 0.6) is 0 Å². The van der Waals surface area contributed by atoms with Crippen molar-refractivity contribution in [3.63, 3.8) is 0 Å². The van der Waals surface area contributed by atoms with E-state index in [1.165, 1.54) is 43.1 Å². The summed E-state index contributed by atoms with van der Waals surface area (Å²) in [5, 5.41) is 1.17. The number of hydrogen-bond donors (Lipinski definition) is 1.